The smallest absolute Gasteiger partial charge is 0.238 e. The van der Waals surface area contributed by atoms with Crippen molar-refractivity contribution in [3.63, 3.8) is 0 Å². The molecule has 11 heteroatoms. The number of nitrogens with two attached hydrogens (primary N) is 1. The van der Waals surface area contributed by atoms with E-state index in [1.165, 1.54) is 0 Å². The number of carbonyl (C=O) groups is 1. The van der Waals surface area contributed by atoms with E-state index in [4.69, 9.17) is 22.1 Å². The third-order valence-corrected chi connectivity index (χ3v) is 11.1. The quantitative estimate of drug-likeness (QED) is 0.410. The van der Waals surface area contributed by atoms with Crippen LogP contribution in [0.15, 0.2) is 42.6 Å². The minimum Gasteiger partial charge on any atom is -0.481 e. The topological polar surface area (TPSA) is 127 Å². The van der Waals surface area contributed by atoms with Gasteiger partial charge in [-0.2, -0.15) is 4.31 Å². The number of carbonyl (C=O) groups excluding carboxylic acids is 1. The van der Waals surface area contributed by atoms with E-state index in [-0.39, 0.29) is 29.8 Å². The minimum absolute atomic E-state index is 0.0171. The lowest BCUT2D eigenvalue weighted by Gasteiger charge is -2.38. The summed E-state index contributed by atoms with van der Waals surface area (Å²) in [6, 6.07) is 10.4. The number of ether oxygens (including phenoxy) is 1. The van der Waals surface area contributed by atoms with Gasteiger partial charge in [0.25, 0.3) is 0 Å². The molecule has 218 valence electrons. The zero-order valence-electron chi connectivity index (χ0n) is 23.0. The Kier molecular flexibility index (Phi) is 9.31. The number of aromatic nitrogens is 1. The molecule has 1 saturated carbocycles. The third-order valence-electron chi connectivity index (χ3n) is 8.84. The monoisotopic (exact) mass is 589 g/mol. The normalized spacial score (nSPS) is 29.2. The first-order valence-corrected chi connectivity index (χ1v) is 16.3. The Bertz CT molecular complexity index is 1260. The molecule has 1 aromatic heterocycles. The van der Waals surface area contributed by atoms with E-state index in [0.29, 0.717) is 36.3 Å². The number of sulfonamides is 1. The number of nitrogens with zero attached hydrogens (tertiary/aromatic N) is 2. The molecule has 1 aromatic carbocycles. The van der Waals surface area contributed by atoms with Crippen molar-refractivity contribution >= 4 is 27.5 Å². The van der Waals surface area contributed by atoms with E-state index < -0.39 is 22.0 Å². The second kappa shape index (κ2) is 12.7. The first-order valence-electron chi connectivity index (χ1n) is 14.3. The van der Waals surface area contributed by atoms with Crippen LogP contribution >= 0.6 is 11.6 Å². The van der Waals surface area contributed by atoms with E-state index in [1.807, 2.05) is 18.2 Å². The molecular weight excluding hydrogens is 550 g/mol. The zero-order valence-corrected chi connectivity index (χ0v) is 24.5. The van der Waals surface area contributed by atoms with Crippen molar-refractivity contribution in [2.75, 3.05) is 26.0 Å². The van der Waals surface area contributed by atoms with Gasteiger partial charge in [0.15, 0.2) is 0 Å². The molecule has 2 saturated heterocycles. The number of benzene rings is 1. The summed E-state index contributed by atoms with van der Waals surface area (Å²) in [4.78, 5) is 17.9. The summed E-state index contributed by atoms with van der Waals surface area (Å²) < 4.78 is 32.7. The molecule has 3 fully saturated rings. The molecular formula is C29H40ClN5O4S. The van der Waals surface area contributed by atoms with Crippen LogP contribution in [0.1, 0.15) is 62.0 Å². The highest BCUT2D eigenvalue weighted by atomic mass is 35.5. The van der Waals surface area contributed by atoms with Gasteiger partial charge >= 0.3 is 0 Å². The number of piperazine rings is 1. The van der Waals surface area contributed by atoms with Crippen molar-refractivity contribution in [3.8, 4) is 5.88 Å². The van der Waals surface area contributed by atoms with Gasteiger partial charge in [-0.3, -0.25) is 4.79 Å². The highest BCUT2D eigenvalue weighted by Crippen LogP contribution is 2.33. The second-order valence-corrected chi connectivity index (χ2v) is 13.8. The first kappa shape index (κ1) is 29.3. The Hall–Kier alpha value is -2.24. The van der Waals surface area contributed by atoms with Crippen LogP contribution in [0.3, 0.4) is 0 Å². The van der Waals surface area contributed by atoms with Gasteiger partial charge in [-0.1, -0.05) is 36.2 Å². The molecule has 2 aromatic rings. The van der Waals surface area contributed by atoms with Crippen LogP contribution < -0.4 is 21.1 Å². The number of hydrogen-bond donors (Lipinski definition) is 3. The molecule has 4 N–H and O–H groups in total. The Morgan fingerprint density at radius 3 is 2.65 bits per heavy atom. The predicted molar refractivity (Wildman–Crippen MR) is 156 cm³/mol. The number of hydrogen-bond acceptors (Lipinski definition) is 7. The standard InChI is InChI=1S/C29H40ClN5O4S/c1-39-26-14-10-21(16-33-26)27(20-7-11-22(30)12-8-20)28(31)29(36)34-25-6-2-4-19(25)9-13-24-17-32-23-5-3-15-40(37,38)35(24)18-23/h7-8,10-12,14,16,19,23-25,27-28,32H,2-6,9,13,15,17-18,31H2,1H3,(H,34,36)/t19-,23-,24+,25+,27+,28+/m1/s1. The Morgan fingerprint density at radius 2 is 1.93 bits per heavy atom. The Labute approximate surface area is 242 Å². The maximum atomic E-state index is 13.6. The number of nitrogens with one attached hydrogen (secondary N) is 2. The Morgan fingerprint density at radius 1 is 1.15 bits per heavy atom. The maximum absolute atomic E-state index is 13.6. The van der Waals surface area contributed by atoms with Gasteiger partial charge < -0.3 is 21.1 Å². The Balaban J connectivity index is 1.25. The van der Waals surface area contributed by atoms with Crippen LogP contribution in [0.4, 0.5) is 0 Å². The number of methoxy groups -OCH3 is 1. The van der Waals surface area contributed by atoms with Crippen LogP contribution in [-0.4, -0.2) is 73.7 Å². The number of fused-ring (bicyclic) bond motifs is 2. The maximum Gasteiger partial charge on any atom is 0.238 e. The molecule has 7 atom stereocenters. The highest BCUT2D eigenvalue weighted by molar-refractivity contribution is 7.89. The summed E-state index contributed by atoms with van der Waals surface area (Å²) in [7, 11) is -1.65. The summed E-state index contributed by atoms with van der Waals surface area (Å²) in [5.74, 6) is 0.400. The summed E-state index contributed by atoms with van der Waals surface area (Å²) in [5.41, 5.74) is 8.36. The summed E-state index contributed by atoms with van der Waals surface area (Å²) in [6.45, 7) is 1.26. The van der Waals surface area contributed by atoms with Gasteiger partial charge in [-0.15, -0.1) is 0 Å². The van der Waals surface area contributed by atoms with Gasteiger partial charge in [0.05, 0.1) is 18.9 Å². The van der Waals surface area contributed by atoms with E-state index in [0.717, 1.165) is 49.7 Å². The van der Waals surface area contributed by atoms with Gasteiger partial charge in [0.1, 0.15) is 0 Å². The van der Waals surface area contributed by atoms with Gasteiger partial charge in [-0.05, 0) is 67.7 Å². The fourth-order valence-electron chi connectivity index (χ4n) is 6.63. The third kappa shape index (κ3) is 6.62. The van der Waals surface area contributed by atoms with Crippen molar-refractivity contribution in [1.82, 2.24) is 19.9 Å². The SMILES string of the molecule is COc1ccc([C@H](c2ccc(Cl)cc2)[C@H](N)C(=O)N[C@H]2CCC[C@@H]2CC[C@H]2CN[C@@H]3CCCS(=O)(=O)N2C3)cn1. The molecule has 5 rings (SSSR count). The van der Waals surface area contributed by atoms with Crippen LogP contribution in [0.2, 0.25) is 5.02 Å². The number of halogens is 1. The van der Waals surface area contributed by atoms with Crippen molar-refractivity contribution in [1.29, 1.82) is 0 Å². The summed E-state index contributed by atoms with van der Waals surface area (Å²) >= 11 is 6.13. The van der Waals surface area contributed by atoms with Gasteiger partial charge in [-0.25, -0.2) is 13.4 Å². The van der Waals surface area contributed by atoms with Crippen molar-refractivity contribution < 1.29 is 17.9 Å². The number of pyridine rings is 1. The first-order chi connectivity index (χ1) is 19.2. The van der Waals surface area contributed by atoms with Crippen molar-refractivity contribution in [2.24, 2.45) is 11.7 Å². The molecule has 2 bridgehead atoms. The molecule has 0 radical (unpaired) electrons. The molecule has 0 spiro atoms. The fourth-order valence-corrected chi connectivity index (χ4v) is 8.56. The largest absolute Gasteiger partial charge is 0.481 e. The van der Waals surface area contributed by atoms with Crippen LogP contribution in [-0.2, 0) is 14.8 Å². The van der Waals surface area contributed by atoms with Crippen LogP contribution in [0.5, 0.6) is 5.88 Å². The van der Waals surface area contributed by atoms with Crippen LogP contribution in [0, 0.1) is 5.92 Å². The van der Waals surface area contributed by atoms with Gasteiger partial charge in [0, 0.05) is 54.4 Å². The summed E-state index contributed by atoms with van der Waals surface area (Å²) in [5, 5.41) is 7.42. The molecule has 9 nitrogen and oxygen atoms in total. The molecule has 1 aliphatic carbocycles. The van der Waals surface area contributed by atoms with E-state index in [1.54, 1.807) is 35.8 Å². The molecule has 1 amide bonds. The molecule has 40 heavy (non-hydrogen) atoms. The lowest BCUT2D eigenvalue weighted by atomic mass is 9.85. The zero-order chi connectivity index (χ0) is 28.3. The highest BCUT2D eigenvalue weighted by Gasteiger charge is 2.39. The molecule has 3 heterocycles. The molecule has 3 aliphatic rings. The lowest BCUT2D eigenvalue weighted by Crippen LogP contribution is -2.57. The minimum atomic E-state index is -3.21. The fraction of sp³-hybridized carbons (Fsp3) is 0.586. The number of amides is 1. The van der Waals surface area contributed by atoms with Gasteiger partial charge in [0.2, 0.25) is 21.8 Å². The predicted octanol–water partition coefficient (Wildman–Crippen LogP) is 3.03. The molecule has 2 aliphatic heterocycles. The van der Waals surface area contributed by atoms with Crippen molar-refractivity contribution in [2.45, 2.75) is 75.0 Å². The van der Waals surface area contributed by atoms with Crippen molar-refractivity contribution in [3.05, 3.63) is 58.7 Å². The van der Waals surface area contributed by atoms with Crippen LogP contribution in [0.25, 0.3) is 0 Å². The average Bonchev–Trinajstić information content (AvgIpc) is 3.35. The van der Waals surface area contributed by atoms with E-state index in [9.17, 15) is 13.2 Å². The second-order valence-electron chi connectivity index (χ2n) is 11.4. The molecule has 1 unspecified atom stereocenters. The van der Waals surface area contributed by atoms with E-state index >= 15 is 0 Å². The average molecular weight is 590 g/mol. The van der Waals surface area contributed by atoms with E-state index in [2.05, 4.69) is 15.6 Å². The summed E-state index contributed by atoms with van der Waals surface area (Å²) in [6.07, 6.45) is 7.90. The lowest BCUT2D eigenvalue weighted by molar-refractivity contribution is -0.123. The number of rotatable bonds is 9.